The highest BCUT2D eigenvalue weighted by Crippen LogP contribution is 2.29. The molecule has 4 heterocycles. The fourth-order valence-electron chi connectivity index (χ4n) is 3.83. The average molecular weight is 444 g/mol. The molecule has 0 bridgehead atoms. The lowest BCUT2D eigenvalue weighted by atomic mass is 10.2. The highest BCUT2D eigenvalue weighted by molar-refractivity contribution is 5.97. The number of amides is 1. The van der Waals surface area contributed by atoms with E-state index in [-0.39, 0.29) is 5.91 Å². The molecule has 1 fully saturated rings. The second kappa shape index (κ2) is 8.78. The van der Waals surface area contributed by atoms with Crippen LogP contribution in [0.15, 0.2) is 59.1 Å². The molecule has 9 nitrogen and oxygen atoms in total. The molecule has 9 heteroatoms. The third kappa shape index (κ3) is 4.30. The number of nitrogens with one attached hydrogen (secondary N) is 1. The van der Waals surface area contributed by atoms with Gasteiger partial charge < -0.3 is 24.3 Å². The van der Waals surface area contributed by atoms with Gasteiger partial charge in [0.2, 0.25) is 0 Å². The highest BCUT2D eigenvalue weighted by Gasteiger charge is 2.26. The number of para-hydroxylation sites is 1. The Balaban J connectivity index is 1.21. The first-order valence-electron chi connectivity index (χ1n) is 10.7. The molecule has 0 spiro atoms. The zero-order valence-electron chi connectivity index (χ0n) is 18.5. The van der Waals surface area contributed by atoms with Gasteiger partial charge in [-0.3, -0.25) is 4.79 Å². The van der Waals surface area contributed by atoms with E-state index in [1.807, 2.05) is 49.4 Å². The molecule has 0 aliphatic carbocycles. The predicted molar refractivity (Wildman–Crippen MR) is 125 cm³/mol. The monoisotopic (exact) mass is 444 g/mol. The smallest absolute Gasteiger partial charge is 0.289 e. The van der Waals surface area contributed by atoms with Crippen LogP contribution in [-0.2, 0) is 0 Å². The van der Waals surface area contributed by atoms with Crippen LogP contribution in [0.4, 0.5) is 17.5 Å². The van der Waals surface area contributed by atoms with E-state index < -0.39 is 0 Å². The first kappa shape index (κ1) is 20.7. The van der Waals surface area contributed by atoms with Gasteiger partial charge >= 0.3 is 0 Å². The molecule has 168 valence electrons. The Morgan fingerprint density at radius 2 is 1.85 bits per heavy atom. The number of fused-ring (bicyclic) bond motifs is 1. The minimum Gasteiger partial charge on any atom is -0.493 e. The number of ether oxygens (including phenoxy) is 1. The van der Waals surface area contributed by atoms with Gasteiger partial charge in [0, 0.05) is 37.8 Å². The van der Waals surface area contributed by atoms with Crippen LogP contribution in [0.2, 0.25) is 0 Å². The molecule has 1 aliphatic rings. The van der Waals surface area contributed by atoms with E-state index in [0.29, 0.717) is 49.1 Å². The van der Waals surface area contributed by atoms with Gasteiger partial charge in [-0.15, -0.1) is 10.2 Å². The zero-order valence-corrected chi connectivity index (χ0v) is 18.5. The van der Waals surface area contributed by atoms with Crippen molar-refractivity contribution in [1.82, 2.24) is 20.1 Å². The number of aryl methyl sites for hydroxylation is 1. The molecular formula is C24H24N6O3. The number of pyridine rings is 1. The number of carbonyl (C=O) groups excluding carboxylic acids is 1. The van der Waals surface area contributed by atoms with Crippen molar-refractivity contribution in [3.63, 3.8) is 0 Å². The van der Waals surface area contributed by atoms with Crippen LogP contribution >= 0.6 is 0 Å². The Hall–Kier alpha value is -4.14. The summed E-state index contributed by atoms with van der Waals surface area (Å²) in [5.74, 6) is 2.94. The molecule has 5 rings (SSSR count). The minimum atomic E-state index is -0.121. The third-order valence-corrected chi connectivity index (χ3v) is 5.65. The van der Waals surface area contributed by atoms with Gasteiger partial charge in [-0.2, -0.15) is 0 Å². The van der Waals surface area contributed by atoms with Crippen LogP contribution in [0, 0.1) is 6.92 Å². The van der Waals surface area contributed by atoms with Crippen molar-refractivity contribution in [2.75, 3.05) is 43.5 Å². The summed E-state index contributed by atoms with van der Waals surface area (Å²) in [5, 5.41) is 12.6. The van der Waals surface area contributed by atoms with Gasteiger partial charge in [0.15, 0.2) is 28.7 Å². The summed E-state index contributed by atoms with van der Waals surface area (Å²) >= 11 is 0. The molecule has 1 amide bonds. The number of piperazine rings is 1. The van der Waals surface area contributed by atoms with Crippen molar-refractivity contribution in [2.45, 2.75) is 6.92 Å². The van der Waals surface area contributed by atoms with Crippen molar-refractivity contribution < 1.29 is 13.9 Å². The average Bonchev–Trinajstić information content (AvgIpc) is 3.30. The second-order valence-corrected chi connectivity index (χ2v) is 7.89. The third-order valence-electron chi connectivity index (χ3n) is 5.65. The zero-order chi connectivity index (χ0) is 22.8. The predicted octanol–water partition coefficient (Wildman–Crippen LogP) is 3.64. The number of carbonyl (C=O) groups is 1. The van der Waals surface area contributed by atoms with E-state index in [0.717, 1.165) is 22.6 Å². The van der Waals surface area contributed by atoms with Crippen LogP contribution < -0.4 is 15.0 Å². The molecule has 1 aromatic carbocycles. The van der Waals surface area contributed by atoms with Crippen LogP contribution in [0.25, 0.3) is 11.0 Å². The number of furan rings is 1. The van der Waals surface area contributed by atoms with E-state index in [9.17, 15) is 4.79 Å². The summed E-state index contributed by atoms with van der Waals surface area (Å²) in [5.41, 5.74) is 1.69. The number of benzene rings is 1. The van der Waals surface area contributed by atoms with Gasteiger partial charge in [0.05, 0.1) is 7.11 Å². The van der Waals surface area contributed by atoms with Crippen LogP contribution in [0.1, 0.15) is 16.1 Å². The van der Waals surface area contributed by atoms with E-state index in [1.165, 1.54) is 0 Å². The Kier molecular flexibility index (Phi) is 5.52. The second-order valence-electron chi connectivity index (χ2n) is 7.89. The Bertz CT molecular complexity index is 1260. The van der Waals surface area contributed by atoms with Gasteiger partial charge in [-0.25, -0.2) is 4.98 Å². The van der Waals surface area contributed by atoms with Crippen molar-refractivity contribution in [3.05, 3.63) is 66.1 Å². The van der Waals surface area contributed by atoms with Gasteiger partial charge in [-0.1, -0.05) is 18.2 Å². The lowest BCUT2D eigenvalue weighted by Gasteiger charge is -2.34. The van der Waals surface area contributed by atoms with E-state index in [1.54, 1.807) is 24.3 Å². The minimum absolute atomic E-state index is 0.121. The number of rotatable bonds is 5. The summed E-state index contributed by atoms with van der Waals surface area (Å²) in [6.45, 7) is 4.46. The van der Waals surface area contributed by atoms with E-state index >= 15 is 0 Å². The summed E-state index contributed by atoms with van der Waals surface area (Å²) < 4.78 is 11.2. The standard InChI is InChI=1S/C24H24N6O3/c1-16-6-7-20(25-15-16)26-21-8-9-22(28-27-21)29-10-12-30(13-11-29)24(31)19-14-17-4-3-5-18(32-2)23(17)33-19/h3-9,14-15H,10-13H2,1-2H3,(H,25,26,27). The van der Waals surface area contributed by atoms with Crippen LogP contribution in [0.5, 0.6) is 5.75 Å². The fourth-order valence-corrected chi connectivity index (χ4v) is 3.83. The molecule has 0 unspecified atom stereocenters. The summed E-state index contributed by atoms with van der Waals surface area (Å²) in [7, 11) is 1.59. The number of nitrogens with zero attached hydrogens (tertiary/aromatic N) is 5. The van der Waals surface area contributed by atoms with E-state index in [4.69, 9.17) is 9.15 Å². The van der Waals surface area contributed by atoms with Crippen LogP contribution in [0.3, 0.4) is 0 Å². The maximum absolute atomic E-state index is 13.0. The van der Waals surface area contributed by atoms with E-state index in [2.05, 4.69) is 25.4 Å². The van der Waals surface area contributed by atoms with Crippen LogP contribution in [-0.4, -0.2) is 59.3 Å². The molecule has 33 heavy (non-hydrogen) atoms. The highest BCUT2D eigenvalue weighted by atomic mass is 16.5. The molecule has 3 aromatic heterocycles. The van der Waals surface area contributed by atoms with Gasteiger partial charge in [-0.05, 0) is 42.8 Å². The molecule has 1 saturated heterocycles. The molecule has 1 aliphatic heterocycles. The van der Waals surface area contributed by atoms with Crippen molar-refractivity contribution in [3.8, 4) is 5.75 Å². The van der Waals surface area contributed by atoms with Crippen molar-refractivity contribution in [1.29, 1.82) is 0 Å². The quantitative estimate of drug-likeness (QED) is 0.498. The maximum atomic E-state index is 13.0. The van der Waals surface area contributed by atoms with Gasteiger partial charge in [0.25, 0.3) is 5.91 Å². The SMILES string of the molecule is COc1cccc2cc(C(=O)N3CCN(c4ccc(Nc5ccc(C)cn5)nn4)CC3)oc12. The largest absolute Gasteiger partial charge is 0.493 e. The normalized spacial score (nSPS) is 13.9. The first-order valence-corrected chi connectivity index (χ1v) is 10.7. The molecule has 1 N–H and O–H groups in total. The molecule has 4 aromatic rings. The number of aromatic nitrogens is 3. The first-order chi connectivity index (χ1) is 16.1. The number of methoxy groups -OCH3 is 1. The van der Waals surface area contributed by atoms with Crippen molar-refractivity contribution in [2.24, 2.45) is 0 Å². The topological polar surface area (TPSA) is 96.6 Å². The molecule has 0 atom stereocenters. The van der Waals surface area contributed by atoms with Gasteiger partial charge in [0.1, 0.15) is 5.82 Å². The Morgan fingerprint density at radius 3 is 2.55 bits per heavy atom. The molecular weight excluding hydrogens is 420 g/mol. The Labute approximate surface area is 191 Å². The number of hydrogen-bond donors (Lipinski definition) is 1. The summed E-state index contributed by atoms with van der Waals surface area (Å²) in [6.07, 6.45) is 1.80. The molecule has 0 saturated carbocycles. The Morgan fingerprint density at radius 1 is 1.03 bits per heavy atom. The summed E-state index contributed by atoms with van der Waals surface area (Å²) in [4.78, 5) is 21.2. The lowest BCUT2D eigenvalue weighted by molar-refractivity contribution is 0.0716. The number of anilines is 3. The fraction of sp³-hybridized carbons (Fsp3) is 0.250. The lowest BCUT2D eigenvalue weighted by Crippen LogP contribution is -2.49. The van der Waals surface area contributed by atoms with Crippen molar-refractivity contribution >= 4 is 34.3 Å². The summed E-state index contributed by atoms with van der Waals surface area (Å²) in [6, 6.07) is 15.1. The maximum Gasteiger partial charge on any atom is 0.289 e. The molecule has 0 radical (unpaired) electrons. The number of hydrogen-bond acceptors (Lipinski definition) is 8.